The van der Waals surface area contributed by atoms with Gasteiger partial charge in [0.25, 0.3) is 0 Å². The van der Waals surface area contributed by atoms with E-state index in [2.05, 4.69) is 22.5 Å². The van der Waals surface area contributed by atoms with Crippen molar-refractivity contribution in [1.29, 1.82) is 0 Å². The molecule has 4 fully saturated rings. The summed E-state index contributed by atoms with van der Waals surface area (Å²) in [5.74, 6) is 4.18. The average Bonchev–Trinajstić information content (AvgIpc) is 2.79. The number of nitrogens with zero attached hydrogens (tertiary/aromatic N) is 1. The van der Waals surface area contributed by atoms with Gasteiger partial charge < -0.3 is 10.6 Å². The fourth-order valence-corrected chi connectivity index (χ4v) is 5.56. The molecule has 1 unspecified atom stereocenters. The molecule has 0 saturated heterocycles. The van der Waals surface area contributed by atoms with Crippen molar-refractivity contribution in [3.05, 3.63) is 0 Å². The molecule has 0 spiro atoms. The highest BCUT2D eigenvalue weighted by Crippen LogP contribution is 2.61. The van der Waals surface area contributed by atoms with Gasteiger partial charge in [-0.3, -0.25) is 4.99 Å². The molecule has 1 aliphatic heterocycles. The normalized spacial score (nSPS) is 46.7. The second-order valence-corrected chi connectivity index (χ2v) is 7.30. The summed E-state index contributed by atoms with van der Waals surface area (Å²) >= 11 is 0. The lowest BCUT2D eigenvalue weighted by Gasteiger charge is -2.59. The molecule has 5 aliphatic rings. The van der Waals surface area contributed by atoms with Crippen molar-refractivity contribution in [2.24, 2.45) is 28.2 Å². The van der Waals surface area contributed by atoms with E-state index in [-0.39, 0.29) is 0 Å². The maximum Gasteiger partial charge on any atom is 0.191 e. The molecule has 18 heavy (non-hydrogen) atoms. The van der Waals surface area contributed by atoms with Crippen molar-refractivity contribution >= 4 is 5.96 Å². The Kier molecular flexibility index (Phi) is 2.40. The van der Waals surface area contributed by atoms with E-state index < -0.39 is 0 Å². The van der Waals surface area contributed by atoms with Crippen molar-refractivity contribution in [1.82, 2.24) is 10.6 Å². The summed E-state index contributed by atoms with van der Waals surface area (Å²) < 4.78 is 0. The number of hydrogen-bond donors (Lipinski definition) is 2. The molecule has 100 valence electrons. The summed E-state index contributed by atoms with van der Waals surface area (Å²) in [6.45, 7) is 4.35. The lowest BCUT2D eigenvalue weighted by Crippen LogP contribution is -2.56. The molecule has 3 nitrogen and oxygen atoms in total. The van der Waals surface area contributed by atoms with Gasteiger partial charge in [-0.1, -0.05) is 0 Å². The minimum absolute atomic E-state index is 0.585. The van der Waals surface area contributed by atoms with Crippen LogP contribution in [0, 0.1) is 23.2 Å². The summed E-state index contributed by atoms with van der Waals surface area (Å²) in [4.78, 5) is 4.50. The van der Waals surface area contributed by atoms with Gasteiger partial charge in [0, 0.05) is 12.6 Å². The predicted octanol–water partition coefficient (Wildman–Crippen LogP) is 2.14. The summed E-state index contributed by atoms with van der Waals surface area (Å²) in [6.07, 6.45) is 9.02. The van der Waals surface area contributed by atoms with Gasteiger partial charge in [-0.05, 0) is 68.6 Å². The Morgan fingerprint density at radius 2 is 1.78 bits per heavy atom. The Balaban J connectivity index is 1.52. The first-order chi connectivity index (χ1) is 8.73. The first-order valence-electron chi connectivity index (χ1n) is 7.78. The molecule has 0 radical (unpaired) electrons. The summed E-state index contributed by atoms with van der Waals surface area (Å²) in [7, 11) is 0. The molecule has 1 atom stereocenters. The zero-order chi connectivity index (χ0) is 12.2. The molecule has 4 saturated carbocycles. The lowest BCUT2D eigenvalue weighted by molar-refractivity contribution is -0.0673. The average molecular weight is 247 g/mol. The SMILES string of the molecule is CC(NC1=NCCN1)C12CC3CC(CC(C3)C1)C2. The third-order valence-electron chi connectivity index (χ3n) is 6.03. The number of guanidine groups is 1. The van der Waals surface area contributed by atoms with Crippen LogP contribution in [0.2, 0.25) is 0 Å². The first-order valence-corrected chi connectivity index (χ1v) is 7.78. The molecule has 2 N–H and O–H groups in total. The number of nitrogens with one attached hydrogen (secondary N) is 2. The van der Waals surface area contributed by atoms with Gasteiger partial charge in [0.2, 0.25) is 0 Å². The van der Waals surface area contributed by atoms with Crippen LogP contribution in [0.3, 0.4) is 0 Å². The van der Waals surface area contributed by atoms with E-state index >= 15 is 0 Å². The summed E-state index contributed by atoms with van der Waals surface area (Å²) in [5, 5.41) is 7.03. The van der Waals surface area contributed by atoms with Crippen LogP contribution in [-0.4, -0.2) is 25.1 Å². The van der Waals surface area contributed by atoms with E-state index in [1.807, 2.05) is 0 Å². The zero-order valence-electron chi connectivity index (χ0n) is 11.4. The quantitative estimate of drug-likeness (QED) is 0.784. The van der Waals surface area contributed by atoms with E-state index in [4.69, 9.17) is 0 Å². The van der Waals surface area contributed by atoms with Crippen molar-refractivity contribution in [2.45, 2.75) is 51.5 Å². The molecule has 0 aromatic heterocycles. The number of aliphatic imine (C=N–C) groups is 1. The Bertz CT molecular complexity index is 339. The lowest BCUT2D eigenvalue weighted by atomic mass is 9.48. The van der Waals surface area contributed by atoms with E-state index in [1.165, 1.54) is 38.5 Å². The molecule has 5 rings (SSSR count). The van der Waals surface area contributed by atoms with E-state index in [9.17, 15) is 0 Å². The van der Waals surface area contributed by atoms with Crippen LogP contribution >= 0.6 is 0 Å². The van der Waals surface area contributed by atoms with Crippen molar-refractivity contribution < 1.29 is 0 Å². The third kappa shape index (κ3) is 1.66. The van der Waals surface area contributed by atoms with Crippen LogP contribution in [0.1, 0.15) is 45.4 Å². The fraction of sp³-hybridized carbons (Fsp3) is 0.933. The molecule has 4 aliphatic carbocycles. The first kappa shape index (κ1) is 11.1. The third-order valence-corrected chi connectivity index (χ3v) is 6.03. The maximum absolute atomic E-state index is 4.50. The Hall–Kier alpha value is -0.730. The number of hydrogen-bond acceptors (Lipinski definition) is 3. The zero-order valence-corrected chi connectivity index (χ0v) is 11.4. The van der Waals surface area contributed by atoms with Gasteiger partial charge in [0.1, 0.15) is 0 Å². The Labute approximate surface area is 110 Å². The van der Waals surface area contributed by atoms with E-state index in [0.717, 1.165) is 36.8 Å². The van der Waals surface area contributed by atoms with Crippen molar-refractivity contribution in [2.75, 3.05) is 13.1 Å². The minimum Gasteiger partial charge on any atom is -0.355 e. The summed E-state index contributed by atoms with van der Waals surface area (Å²) in [5.41, 5.74) is 0.585. The van der Waals surface area contributed by atoms with Gasteiger partial charge in [-0.25, -0.2) is 0 Å². The van der Waals surface area contributed by atoms with Crippen LogP contribution < -0.4 is 10.6 Å². The number of rotatable bonds is 2. The minimum atomic E-state index is 0.585. The molecular formula is C15H25N3. The topological polar surface area (TPSA) is 36.4 Å². The largest absolute Gasteiger partial charge is 0.355 e. The van der Waals surface area contributed by atoms with Gasteiger partial charge in [0.15, 0.2) is 5.96 Å². The predicted molar refractivity (Wildman–Crippen MR) is 73.5 cm³/mol. The molecule has 1 heterocycles. The van der Waals surface area contributed by atoms with E-state index in [1.54, 1.807) is 0 Å². The van der Waals surface area contributed by atoms with Crippen molar-refractivity contribution in [3.63, 3.8) is 0 Å². The highest BCUT2D eigenvalue weighted by molar-refractivity contribution is 5.81. The fourth-order valence-electron chi connectivity index (χ4n) is 5.56. The molecule has 0 aromatic carbocycles. The van der Waals surface area contributed by atoms with Crippen LogP contribution in [0.15, 0.2) is 4.99 Å². The Morgan fingerprint density at radius 3 is 2.28 bits per heavy atom. The molecule has 0 amide bonds. The van der Waals surface area contributed by atoms with Gasteiger partial charge in [0.05, 0.1) is 6.54 Å². The highest BCUT2D eigenvalue weighted by Gasteiger charge is 2.53. The maximum atomic E-state index is 4.50. The highest BCUT2D eigenvalue weighted by atomic mass is 15.2. The smallest absolute Gasteiger partial charge is 0.191 e. The van der Waals surface area contributed by atoms with Gasteiger partial charge in [-0.2, -0.15) is 0 Å². The van der Waals surface area contributed by atoms with Gasteiger partial charge in [-0.15, -0.1) is 0 Å². The van der Waals surface area contributed by atoms with E-state index in [0.29, 0.717) is 11.5 Å². The second-order valence-electron chi connectivity index (χ2n) is 7.30. The molecule has 4 bridgehead atoms. The molecular weight excluding hydrogens is 222 g/mol. The van der Waals surface area contributed by atoms with Crippen LogP contribution in [0.5, 0.6) is 0 Å². The van der Waals surface area contributed by atoms with Gasteiger partial charge >= 0.3 is 0 Å². The second kappa shape index (κ2) is 3.88. The summed E-state index contributed by atoms with van der Waals surface area (Å²) in [6, 6.07) is 0.593. The van der Waals surface area contributed by atoms with Crippen LogP contribution in [-0.2, 0) is 0 Å². The monoisotopic (exact) mass is 247 g/mol. The Morgan fingerprint density at radius 1 is 1.17 bits per heavy atom. The molecule has 3 heteroatoms. The van der Waals surface area contributed by atoms with Crippen molar-refractivity contribution in [3.8, 4) is 0 Å². The molecule has 0 aromatic rings. The standard InChI is InChI=1S/C15H25N3/c1-10(18-14-16-2-3-17-14)15-7-11-4-12(8-15)6-13(5-11)9-15/h10-13H,2-9H2,1H3,(H2,16,17,18). The van der Waals surface area contributed by atoms with Crippen LogP contribution in [0.25, 0.3) is 0 Å². The van der Waals surface area contributed by atoms with Crippen LogP contribution in [0.4, 0.5) is 0 Å².